The van der Waals surface area contributed by atoms with E-state index in [1.54, 1.807) is 53.7 Å². The van der Waals surface area contributed by atoms with Crippen molar-refractivity contribution in [3.63, 3.8) is 0 Å². The van der Waals surface area contributed by atoms with Gasteiger partial charge in [0.25, 0.3) is 11.7 Å². The number of unbranched alkanes of at least 4 members (excludes halogenated alkanes) is 1. The summed E-state index contributed by atoms with van der Waals surface area (Å²) in [4.78, 5) is 34.2. The van der Waals surface area contributed by atoms with Crippen molar-refractivity contribution in [3.05, 3.63) is 65.5 Å². The van der Waals surface area contributed by atoms with E-state index in [1.165, 1.54) is 0 Å². The van der Waals surface area contributed by atoms with Crippen LogP contribution < -0.4 is 4.74 Å². The van der Waals surface area contributed by atoms with Gasteiger partial charge in [-0.05, 0) is 54.8 Å². The molecule has 0 spiro atoms. The maximum Gasteiger partial charge on any atom is 0.295 e. The highest BCUT2D eigenvalue weighted by Gasteiger charge is 2.45. The van der Waals surface area contributed by atoms with Crippen LogP contribution in [0.2, 0.25) is 0 Å². The van der Waals surface area contributed by atoms with Gasteiger partial charge in [0.2, 0.25) is 0 Å². The first-order valence-corrected chi connectivity index (χ1v) is 12.3. The number of likely N-dealkylation sites (tertiary alicyclic amines) is 1. The van der Waals surface area contributed by atoms with Crippen LogP contribution in [0.1, 0.15) is 43.4 Å². The fourth-order valence-electron chi connectivity index (χ4n) is 4.49. The fraction of sp³-hybridized carbons (Fsp3) is 0.444. The molecule has 0 bridgehead atoms. The molecule has 3 heterocycles. The van der Waals surface area contributed by atoms with E-state index in [9.17, 15) is 14.7 Å². The Kier molecular flexibility index (Phi) is 8.50. The summed E-state index contributed by atoms with van der Waals surface area (Å²) >= 11 is 0. The summed E-state index contributed by atoms with van der Waals surface area (Å²) in [5.74, 6) is -0.737. The summed E-state index contributed by atoms with van der Waals surface area (Å²) < 4.78 is 11.1. The van der Waals surface area contributed by atoms with Crippen molar-refractivity contribution in [3.8, 4) is 5.75 Å². The van der Waals surface area contributed by atoms with E-state index in [1.807, 2.05) is 0 Å². The minimum absolute atomic E-state index is 0.104. The molecule has 0 unspecified atom stereocenters. The van der Waals surface area contributed by atoms with Gasteiger partial charge in [0.15, 0.2) is 0 Å². The minimum Gasteiger partial charge on any atom is -0.507 e. The zero-order valence-electron chi connectivity index (χ0n) is 20.2. The summed E-state index contributed by atoms with van der Waals surface area (Å²) in [6, 6.07) is 9.86. The molecule has 8 nitrogen and oxygen atoms in total. The van der Waals surface area contributed by atoms with Gasteiger partial charge in [-0.3, -0.25) is 19.5 Å². The van der Waals surface area contributed by atoms with Gasteiger partial charge in [0.1, 0.15) is 11.5 Å². The van der Waals surface area contributed by atoms with E-state index < -0.39 is 17.7 Å². The second kappa shape index (κ2) is 12.0. The largest absolute Gasteiger partial charge is 0.507 e. The first-order chi connectivity index (χ1) is 17.1. The molecule has 1 aromatic carbocycles. The number of amides is 1. The third-order valence-corrected chi connectivity index (χ3v) is 6.43. The molecular formula is C27H33N3O5. The maximum atomic E-state index is 13.1. The van der Waals surface area contributed by atoms with E-state index in [0.717, 1.165) is 44.5 Å². The first-order valence-electron chi connectivity index (χ1n) is 12.3. The number of morpholine rings is 1. The van der Waals surface area contributed by atoms with E-state index in [-0.39, 0.29) is 11.3 Å². The summed E-state index contributed by atoms with van der Waals surface area (Å²) in [5.41, 5.74) is 1.32. The number of aromatic nitrogens is 1. The van der Waals surface area contributed by atoms with Crippen molar-refractivity contribution in [1.82, 2.24) is 14.8 Å². The second-order valence-electron chi connectivity index (χ2n) is 8.81. The van der Waals surface area contributed by atoms with Gasteiger partial charge in [-0.1, -0.05) is 13.3 Å². The number of Topliss-reactive ketones (excluding diaryl/α,β-unsaturated/α-hetero) is 1. The van der Waals surface area contributed by atoms with Crippen molar-refractivity contribution in [1.29, 1.82) is 0 Å². The molecule has 0 saturated carbocycles. The van der Waals surface area contributed by atoms with E-state index in [2.05, 4.69) is 16.8 Å². The van der Waals surface area contributed by atoms with Gasteiger partial charge >= 0.3 is 0 Å². The molecule has 2 aliphatic heterocycles. The Morgan fingerprint density at radius 3 is 2.46 bits per heavy atom. The Balaban J connectivity index is 1.58. The van der Waals surface area contributed by atoms with Gasteiger partial charge in [0, 0.05) is 44.1 Å². The maximum absolute atomic E-state index is 13.1. The Bertz CT molecular complexity index is 1030. The van der Waals surface area contributed by atoms with Crippen LogP contribution in [0.3, 0.4) is 0 Å². The number of carbonyl (C=O) groups excluding carboxylic acids is 2. The Labute approximate surface area is 206 Å². The predicted octanol–water partition coefficient (Wildman–Crippen LogP) is 3.40. The average Bonchev–Trinajstić information content (AvgIpc) is 3.15. The molecule has 1 amide bonds. The Morgan fingerprint density at radius 2 is 1.77 bits per heavy atom. The standard InChI is InChI=1S/C27H33N3O5/c1-2-3-17-35-22-7-5-21(6-8-22)25(31)23-24(20-9-11-28-12-10-20)30(27(33)26(23)32)14-4-13-29-15-18-34-19-16-29/h5-12,24,31H,2-4,13-19H2,1H3/t24-/m0/s1. The molecule has 2 aliphatic rings. The van der Waals surface area contributed by atoms with Gasteiger partial charge in [0.05, 0.1) is 31.4 Å². The molecular weight excluding hydrogens is 446 g/mol. The predicted molar refractivity (Wildman–Crippen MR) is 132 cm³/mol. The quantitative estimate of drug-likeness (QED) is 0.242. The van der Waals surface area contributed by atoms with E-state index in [0.29, 0.717) is 37.7 Å². The van der Waals surface area contributed by atoms with Crippen molar-refractivity contribution >= 4 is 17.4 Å². The molecule has 8 heteroatoms. The third kappa shape index (κ3) is 5.89. The number of benzene rings is 1. The molecule has 2 saturated heterocycles. The average molecular weight is 480 g/mol. The highest BCUT2D eigenvalue weighted by Crippen LogP contribution is 2.39. The molecule has 2 aromatic rings. The number of aliphatic hydroxyl groups excluding tert-OH is 1. The van der Waals surface area contributed by atoms with E-state index in [4.69, 9.17) is 9.47 Å². The van der Waals surface area contributed by atoms with E-state index >= 15 is 0 Å². The normalized spacial score (nSPS) is 20.4. The number of rotatable bonds is 10. The lowest BCUT2D eigenvalue weighted by Gasteiger charge is -2.29. The number of hydrogen-bond donors (Lipinski definition) is 1. The van der Waals surface area contributed by atoms with Crippen molar-refractivity contribution in [2.75, 3.05) is 46.0 Å². The molecule has 35 heavy (non-hydrogen) atoms. The van der Waals surface area contributed by atoms with Crippen LogP contribution >= 0.6 is 0 Å². The Hall–Kier alpha value is -3.23. The van der Waals surface area contributed by atoms with Crippen LogP contribution in [0.4, 0.5) is 0 Å². The number of hydrogen-bond acceptors (Lipinski definition) is 7. The van der Waals surface area contributed by atoms with Crippen molar-refractivity contribution < 1.29 is 24.2 Å². The van der Waals surface area contributed by atoms with Crippen LogP contribution in [-0.4, -0.2) is 77.6 Å². The first kappa shape index (κ1) is 24.9. The molecule has 4 rings (SSSR count). The number of aliphatic hydroxyl groups is 1. The van der Waals surface area contributed by atoms with Crippen LogP contribution in [0.25, 0.3) is 5.76 Å². The summed E-state index contributed by atoms with van der Waals surface area (Å²) in [6.45, 7) is 7.11. The molecule has 0 radical (unpaired) electrons. The van der Waals surface area contributed by atoms with Gasteiger partial charge < -0.3 is 19.5 Å². The zero-order chi connectivity index (χ0) is 24.6. The summed E-state index contributed by atoms with van der Waals surface area (Å²) in [7, 11) is 0. The van der Waals surface area contributed by atoms with Crippen LogP contribution in [-0.2, 0) is 14.3 Å². The monoisotopic (exact) mass is 479 g/mol. The SMILES string of the molecule is CCCCOc1ccc(C(O)=C2C(=O)C(=O)N(CCCN3CCOCC3)[C@H]2c2ccncc2)cc1. The van der Waals surface area contributed by atoms with Crippen LogP contribution in [0.5, 0.6) is 5.75 Å². The van der Waals surface area contributed by atoms with Gasteiger partial charge in [-0.2, -0.15) is 0 Å². The van der Waals surface area contributed by atoms with Crippen LogP contribution in [0.15, 0.2) is 54.4 Å². The third-order valence-electron chi connectivity index (χ3n) is 6.43. The highest BCUT2D eigenvalue weighted by molar-refractivity contribution is 6.46. The topological polar surface area (TPSA) is 92.2 Å². The number of pyridine rings is 1. The lowest BCUT2D eigenvalue weighted by atomic mass is 9.96. The zero-order valence-corrected chi connectivity index (χ0v) is 20.2. The molecule has 186 valence electrons. The molecule has 2 fully saturated rings. The van der Waals surface area contributed by atoms with Crippen molar-refractivity contribution in [2.45, 2.75) is 32.2 Å². The lowest BCUT2D eigenvalue weighted by molar-refractivity contribution is -0.140. The second-order valence-corrected chi connectivity index (χ2v) is 8.81. The Morgan fingerprint density at radius 1 is 1.06 bits per heavy atom. The fourth-order valence-corrected chi connectivity index (χ4v) is 4.49. The van der Waals surface area contributed by atoms with Gasteiger partial charge in [-0.15, -0.1) is 0 Å². The summed E-state index contributed by atoms with van der Waals surface area (Å²) in [6.07, 6.45) is 5.98. The number of carbonyl (C=O) groups is 2. The summed E-state index contributed by atoms with van der Waals surface area (Å²) in [5, 5.41) is 11.2. The smallest absolute Gasteiger partial charge is 0.295 e. The molecule has 1 atom stereocenters. The number of nitrogens with zero attached hydrogens (tertiary/aromatic N) is 3. The number of ether oxygens (including phenoxy) is 2. The molecule has 1 aromatic heterocycles. The highest BCUT2D eigenvalue weighted by atomic mass is 16.5. The van der Waals surface area contributed by atoms with Crippen LogP contribution in [0, 0.1) is 0 Å². The lowest BCUT2D eigenvalue weighted by Crippen LogP contribution is -2.38. The minimum atomic E-state index is -0.668. The molecule has 0 aliphatic carbocycles. The molecule has 1 N–H and O–H groups in total. The number of ketones is 1. The van der Waals surface area contributed by atoms with Crippen molar-refractivity contribution in [2.24, 2.45) is 0 Å². The van der Waals surface area contributed by atoms with Gasteiger partial charge in [-0.25, -0.2) is 0 Å².